The summed E-state index contributed by atoms with van der Waals surface area (Å²) in [4.78, 5) is 16.3. The van der Waals surface area contributed by atoms with Crippen molar-refractivity contribution in [3.63, 3.8) is 0 Å². The number of nitrogens with zero attached hydrogens (tertiary/aromatic N) is 1. The SMILES string of the molecule is Cc1ccc(NC(=O)NCc2nccc3ccccc23)cc1. The summed E-state index contributed by atoms with van der Waals surface area (Å²) in [6.07, 6.45) is 1.76. The Morgan fingerprint density at radius 3 is 2.64 bits per heavy atom. The summed E-state index contributed by atoms with van der Waals surface area (Å²) < 4.78 is 0. The Labute approximate surface area is 129 Å². The van der Waals surface area contributed by atoms with E-state index < -0.39 is 0 Å². The summed E-state index contributed by atoms with van der Waals surface area (Å²) in [5.41, 5.74) is 2.79. The third-order valence-corrected chi connectivity index (χ3v) is 3.48. The highest BCUT2D eigenvalue weighted by molar-refractivity contribution is 5.90. The molecule has 2 aromatic carbocycles. The highest BCUT2D eigenvalue weighted by Crippen LogP contribution is 2.16. The zero-order chi connectivity index (χ0) is 15.4. The van der Waals surface area contributed by atoms with Gasteiger partial charge in [-0.2, -0.15) is 0 Å². The smallest absolute Gasteiger partial charge is 0.319 e. The van der Waals surface area contributed by atoms with E-state index >= 15 is 0 Å². The van der Waals surface area contributed by atoms with Gasteiger partial charge in [-0.15, -0.1) is 0 Å². The standard InChI is InChI=1S/C18H17N3O/c1-13-6-8-15(9-7-13)21-18(22)20-12-17-16-5-3-2-4-14(16)10-11-19-17/h2-11H,12H2,1H3,(H2,20,21,22). The first kappa shape index (κ1) is 14.1. The van der Waals surface area contributed by atoms with Crippen molar-refractivity contribution in [2.45, 2.75) is 13.5 Å². The highest BCUT2D eigenvalue weighted by atomic mass is 16.2. The Hall–Kier alpha value is -2.88. The molecule has 4 heteroatoms. The van der Waals surface area contributed by atoms with E-state index in [9.17, 15) is 4.79 Å². The minimum absolute atomic E-state index is 0.237. The van der Waals surface area contributed by atoms with Crippen LogP contribution >= 0.6 is 0 Å². The molecule has 0 saturated heterocycles. The summed E-state index contributed by atoms with van der Waals surface area (Å²) in [6, 6.07) is 17.4. The number of aromatic nitrogens is 1. The number of hydrogen-bond acceptors (Lipinski definition) is 2. The number of carbonyl (C=O) groups is 1. The molecule has 3 aromatic rings. The van der Waals surface area contributed by atoms with E-state index in [4.69, 9.17) is 0 Å². The van der Waals surface area contributed by atoms with Crippen LogP contribution in [0, 0.1) is 6.92 Å². The van der Waals surface area contributed by atoms with E-state index in [2.05, 4.69) is 15.6 Å². The molecule has 0 fully saturated rings. The first-order valence-corrected chi connectivity index (χ1v) is 7.16. The van der Waals surface area contributed by atoms with Crippen molar-refractivity contribution < 1.29 is 4.79 Å². The predicted octanol–water partition coefficient (Wildman–Crippen LogP) is 3.86. The minimum atomic E-state index is -0.237. The molecule has 0 unspecified atom stereocenters. The van der Waals surface area contributed by atoms with Crippen LogP contribution in [0.15, 0.2) is 60.8 Å². The molecule has 0 aliphatic carbocycles. The van der Waals surface area contributed by atoms with Crippen molar-refractivity contribution in [3.8, 4) is 0 Å². The summed E-state index contributed by atoms with van der Waals surface area (Å²) in [5, 5.41) is 7.83. The molecule has 0 radical (unpaired) electrons. The monoisotopic (exact) mass is 291 g/mol. The number of nitrogens with one attached hydrogen (secondary N) is 2. The van der Waals surface area contributed by atoms with Crippen molar-refractivity contribution >= 4 is 22.5 Å². The van der Waals surface area contributed by atoms with Crippen LogP contribution in [0.3, 0.4) is 0 Å². The molecule has 4 nitrogen and oxygen atoms in total. The van der Waals surface area contributed by atoms with Gasteiger partial charge >= 0.3 is 6.03 Å². The minimum Gasteiger partial charge on any atom is -0.332 e. The molecular weight excluding hydrogens is 274 g/mol. The van der Waals surface area contributed by atoms with Crippen LogP contribution in [0.4, 0.5) is 10.5 Å². The number of benzene rings is 2. The second-order valence-corrected chi connectivity index (χ2v) is 5.15. The average molecular weight is 291 g/mol. The van der Waals surface area contributed by atoms with Gasteiger partial charge in [-0.25, -0.2) is 4.79 Å². The van der Waals surface area contributed by atoms with Gasteiger partial charge in [0, 0.05) is 17.3 Å². The fraction of sp³-hybridized carbons (Fsp3) is 0.111. The zero-order valence-electron chi connectivity index (χ0n) is 12.3. The third kappa shape index (κ3) is 3.23. The molecule has 22 heavy (non-hydrogen) atoms. The van der Waals surface area contributed by atoms with E-state index in [1.54, 1.807) is 6.20 Å². The number of pyridine rings is 1. The molecule has 110 valence electrons. The topological polar surface area (TPSA) is 54.0 Å². The van der Waals surface area contributed by atoms with Gasteiger partial charge < -0.3 is 10.6 Å². The normalized spacial score (nSPS) is 10.4. The lowest BCUT2D eigenvalue weighted by molar-refractivity contribution is 0.251. The lowest BCUT2D eigenvalue weighted by Gasteiger charge is -2.09. The first-order chi connectivity index (χ1) is 10.7. The van der Waals surface area contributed by atoms with Gasteiger partial charge in [-0.05, 0) is 30.5 Å². The Morgan fingerprint density at radius 1 is 1.05 bits per heavy atom. The Bertz CT molecular complexity index is 792. The van der Waals surface area contributed by atoms with Gasteiger partial charge in [-0.1, -0.05) is 42.0 Å². The maximum Gasteiger partial charge on any atom is 0.319 e. The Kier molecular flexibility index (Phi) is 4.01. The van der Waals surface area contributed by atoms with E-state index in [-0.39, 0.29) is 6.03 Å². The maximum atomic E-state index is 12.0. The largest absolute Gasteiger partial charge is 0.332 e. The van der Waals surface area contributed by atoms with Crippen LogP contribution in [-0.2, 0) is 6.54 Å². The first-order valence-electron chi connectivity index (χ1n) is 7.16. The fourth-order valence-electron chi connectivity index (χ4n) is 2.30. The number of amides is 2. The zero-order valence-corrected chi connectivity index (χ0v) is 12.3. The van der Waals surface area contributed by atoms with E-state index in [0.29, 0.717) is 6.54 Å². The number of fused-ring (bicyclic) bond motifs is 1. The van der Waals surface area contributed by atoms with Gasteiger partial charge in [0.15, 0.2) is 0 Å². The number of rotatable bonds is 3. The molecule has 1 heterocycles. The molecule has 0 spiro atoms. The number of hydrogen-bond donors (Lipinski definition) is 2. The van der Waals surface area contributed by atoms with Crippen molar-refractivity contribution in [1.29, 1.82) is 0 Å². The lowest BCUT2D eigenvalue weighted by atomic mass is 10.1. The molecule has 0 saturated carbocycles. The van der Waals surface area contributed by atoms with Crippen molar-refractivity contribution in [2.24, 2.45) is 0 Å². The average Bonchev–Trinajstić information content (AvgIpc) is 2.55. The van der Waals surface area contributed by atoms with Crippen LogP contribution in [0.25, 0.3) is 10.8 Å². The van der Waals surface area contributed by atoms with Crippen LogP contribution in [0.2, 0.25) is 0 Å². The molecule has 0 atom stereocenters. The number of carbonyl (C=O) groups excluding carboxylic acids is 1. The number of anilines is 1. The second kappa shape index (κ2) is 6.26. The molecule has 0 bridgehead atoms. The molecular formula is C18H17N3O. The highest BCUT2D eigenvalue weighted by Gasteiger charge is 2.05. The molecule has 1 aromatic heterocycles. The van der Waals surface area contributed by atoms with Gasteiger partial charge in [-0.3, -0.25) is 4.98 Å². The van der Waals surface area contributed by atoms with E-state index in [1.807, 2.05) is 61.5 Å². The van der Waals surface area contributed by atoms with Gasteiger partial charge in [0.25, 0.3) is 0 Å². The van der Waals surface area contributed by atoms with Crippen LogP contribution in [0.1, 0.15) is 11.3 Å². The van der Waals surface area contributed by atoms with Crippen LogP contribution in [-0.4, -0.2) is 11.0 Å². The van der Waals surface area contributed by atoms with Crippen molar-refractivity contribution in [3.05, 3.63) is 72.1 Å². The van der Waals surface area contributed by atoms with E-state index in [1.165, 1.54) is 0 Å². The maximum absolute atomic E-state index is 12.0. The van der Waals surface area contributed by atoms with Crippen LogP contribution < -0.4 is 10.6 Å². The number of aryl methyl sites for hydroxylation is 1. The summed E-state index contributed by atoms with van der Waals surface area (Å²) in [5.74, 6) is 0. The summed E-state index contributed by atoms with van der Waals surface area (Å²) >= 11 is 0. The molecule has 0 aliphatic heterocycles. The quantitative estimate of drug-likeness (QED) is 0.769. The summed E-state index contributed by atoms with van der Waals surface area (Å²) in [7, 11) is 0. The third-order valence-electron chi connectivity index (χ3n) is 3.48. The number of urea groups is 1. The van der Waals surface area contributed by atoms with Crippen LogP contribution in [0.5, 0.6) is 0 Å². The Morgan fingerprint density at radius 2 is 1.82 bits per heavy atom. The van der Waals surface area contributed by atoms with E-state index in [0.717, 1.165) is 27.7 Å². The summed E-state index contributed by atoms with van der Waals surface area (Å²) in [6.45, 7) is 2.40. The molecule has 0 aliphatic rings. The Balaban J connectivity index is 1.66. The second-order valence-electron chi connectivity index (χ2n) is 5.15. The molecule has 2 N–H and O–H groups in total. The predicted molar refractivity (Wildman–Crippen MR) is 88.8 cm³/mol. The molecule has 2 amide bonds. The van der Waals surface area contributed by atoms with Crippen molar-refractivity contribution in [2.75, 3.05) is 5.32 Å². The fourth-order valence-corrected chi connectivity index (χ4v) is 2.30. The van der Waals surface area contributed by atoms with Crippen molar-refractivity contribution in [1.82, 2.24) is 10.3 Å². The van der Waals surface area contributed by atoms with Gasteiger partial charge in [0.05, 0.1) is 12.2 Å². The van der Waals surface area contributed by atoms with Gasteiger partial charge in [0.1, 0.15) is 0 Å². The van der Waals surface area contributed by atoms with Gasteiger partial charge in [0.2, 0.25) is 0 Å². The lowest BCUT2D eigenvalue weighted by Crippen LogP contribution is -2.28. The molecule has 3 rings (SSSR count).